The molecule has 0 fully saturated rings. The number of halogens is 2. The number of anilines is 1. The predicted octanol–water partition coefficient (Wildman–Crippen LogP) is 1.92. The van der Waals surface area contributed by atoms with E-state index in [0.29, 0.717) is 12.1 Å². The maximum atomic E-state index is 13.4. The number of hydrogen-bond acceptors (Lipinski definition) is 2. The van der Waals surface area contributed by atoms with Gasteiger partial charge in [-0.1, -0.05) is 12.1 Å². The van der Waals surface area contributed by atoms with Gasteiger partial charge in [-0.25, -0.2) is 0 Å². The van der Waals surface area contributed by atoms with Crippen LogP contribution < -0.4 is 10.6 Å². The minimum atomic E-state index is -2.75. The molecule has 4 heteroatoms. The molecule has 0 aromatic heterocycles. The molecule has 0 radical (unpaired) electrons. The van der Waals surface area contributed by atoms with Gasteiger partial charge in [0.2, 0.25) is 0 Å². The van der Waals surface area contributed by atoms with Crippen LogP contribution in [-0.2, 0) is 12.5 Å². The monoisotopic (exact) mass is 198 g/mol. The molecule has 0 spiro atoms. The van der Waals surface area contributed by atoms with Gasteiger partial charge in [-0.2, -0.15) is 8.78 Å². The molecule has 2 N–H and O–H groups in total. The number of alkyl halides is 2. The Morgan fingerprint density at radius 2 is 2.21 bits per heavy atom. The average molecular weight is 198 g/mol. The highest BCUT2D eigenvalue weighted by Crippen LogP contribution is 2.35. The SMILES string of the molecule is CNc1cccc2c1CNCC2(F)F. The molecule has 76 valence electrons. The quantitative estimate of drug-likeness (QED) is 0.720. The van der Waals surface area contributed by atoms with Crippen molar-refractivity contribution in [3.63, 3.8) is 0 Å². The summed E-state index contributed by atoms with van der Waals surface area (Å²) in [7, 11) is 1.74. The second kappa shape index (κ2) is 3.20. The molecule has 0 bridgehead atoms. The first-order chi connectivity index (χ1) is 6.65. The Morgan fingerprint density at radius 1 is 1.43 bits per heavy atom. The Morgan fingerprint density at radius 3 is 2.93 bits per heavy atom. The van der Waals surface area contributed by atoms with Crippen molar-refractivity contribution in [2.45, 2.75) is 12.5 Å². The smallest absolute Gasteiger partial charge is 0.285 e. The van der Waals surface area contributed by atoms with E-state index in [4.69, 9.17) is 0 Å². The summed E-state index contributed by atoms with van der Waals surface area (Å²) < 4.78 is 26.8. The summed E-state index contributed by atoms with van der Waals surface area (Å²) in [5, 5.41) is 5.64. The maximum Gasteiger partial charge on any atom is 0.285 e. The molecule has 1 aliphatic rings. The van der Waals surface area contributed by atoms with Crippen LogP contribution in [0.5, 0.6) is 0 Å². The van der Waals surface area contributed by atoms with Crippen LogP contribution in [-0.4, -0.2) is 13.6 Å². The zero-order chi connectivity index (χ0) is 10.2. The van der Waals surface area contributed by atoms with E-state index < -0.39 is 5.92 Å². The molecule has 0 atom stereocenters. The first-order valence-corrected chi connectivity index (χ1v) is 4.54. The Hall–Kier alpha value is -1.16. The van der Waals surface area contributed by atoms with Crippen molar-refractivity contribution in [2.75, 3.05) is 18.9 Å². The number of nitrogens with one attached hydrogen (secondary N) is 2. The van der Waals surface area contributed by atoms with Crippen molar-refractivity contribution in [1.29, 1.82) is 0 Å². The van der Waals surface area contributed by atoms with Crippen LogP contribution in [0.3, 0.4) is 0 Å². The van der Waals surface area contributed by atoms with Gasteiger partial charge in [0.1, 0.15) is 0 Å². The van der Waals surface area contributed by atoms with Crippen molar-refractivity contribution in [2.24, 2.45) is 0 Å². The molecule has 1 heterocycles. The molecular weight excluding hydrogens is 186 g/mol. The lowest BCUT2D eigenvalue weighted by molar-refractivity contribution is -0.0106. The standard InChI is InChI=1S/C10H12F2N2/c1-13-9-4-2-3-8-7(9)5-14-6-10(8,11)12/h2-4,13-14H,5-6H2,1H3. The Bertz CT molecular complexity index is 350. The van der Waals surface area contributed by atoms with Gasteiger partial charge in [0.15, 0.2) is 0 Å². The van der Waals surface area contributed by atoms with E-state index in [1.807, 2.05) is 6.07 Å². The summed E-state index contributed by atoms with van der Waals surface area (Å²) in [6, 6.07) is 4.96. The fourth-order valence-electron chi connectivity index (χ4n) is 1.79. The van der Waals surface area contributed by atoms with E-state index in [1.165, 1.54) is 6.07 Å². The first kappa shape index (κ1) is 9.40. The zero-order valence-electron chi connectivity index (χ0n) is 7.90. The summed E-state index contributed by atoms with van der Waals surface area (Å²) in [5.74, 6) is -2.75. The molecule has 1 aromatic rings. The summed E-state index contributed by atoms with van der Waals surface area (Å²) >= 11 is 0. The Balaban J connectivity index is 2.55. The molecule has 2 rings (SSSR count). The second-order valence-corrected chi connectivity index (χ2v) is 3.39. The van der Waals surface area contributed by atoms with Crippen LogP contribution in [0.4, 0.5) is 14.5 Å². The Kier molecular flexibility index (Phi) is 2.15. The molecule has 0 amide bonds. The van der Waals surface area contributed by atoms with Gasteiger partial charge in [0.25, 0.3) is 5.92 Å². The van der Waals surface area contributed by atoms with E-state index in [0.717, 1.165) is 5.69 Å². The van der Waals surface area contributed by atoms with Crippen LogP contribution >= 0.6 is 0 Å². The highest BCUT2D eigenvalue weighted by molar-refractivity contribution is 5.56. The van der Waals surface area contributed by atoms with Crippen molar-refractivity contribution < 1.29 is 8.78 Å². The number of hydrogen-bond donors (Lipinski definition) is 2. The zero-order valence-corrected chi connectivity index (χ0v) is 7.90. The van der Waals surface area contributed by atoms with Crippen molar-refractivity contribution in [3.8, 4) is 0 Å². The maximum absolute atomic E-state index is 13.4. The van der Waals surface area contributed by atoms with Crippen LogP contribution in [0.25, 0.3) is 0 Å². The lowest BCUT2D eigenvalue weighted by Crippen LogP contribution is -2.37. The molecule has 0 aliphatic carbocycles. The van der Waals surface area contributed by atoms with Crippen molar-refractivity contribution >= 4 is 5.69 Å². The predicted molar refractivity (Wildman–Crippen MR) is 51.6 cm³/mol. The lowest BCUT2D eigenvalue weighted by atomic mass is 9.96. The summed E-state index contributed by atoms with van der Waals surface area (Å²) in [4.78, 5) is 0. The third-order valence-electron chi connectivity index (χ3n) is 2.49. The van der Waals surface area contributed by atoms with Crippen LogP contribution in [0.2, 0.25) is 0 Å². The van der Waals surface area contributed by atoms with Gasteiger partial charge in [-0.15, -0.1) is 0 Å². The third-order valence-corrected chi connectivity index (χ3v) is 2.49. The minimum Gasteiger partial charge on any atom is -0.388 e. The van der Waals surface area contributed by atoms with E-state index >= 15 is 0 Å². The van der Waals surface area contributed by atoms with Crippen molar-refractivity contribution in [3.05, 3.63) is 29.3 Å². The lowest BCUT2D eigenvalue weighted by Gasteiger charge is -2.27. The van der Waals surface area contributed by atoms with Gasteiger partial charge in [-0.3, -0.25) is 0 Å². The molecule has 0 unspecified atom stereocenters. The van der Waals surface area contributed by atoms with Crippen LogP contribution in [0.15, 0.2) is 18.2 Å². The number of fused-ring (bicyclic) bond motifs is 1. The topological polar surface area (TPSA) is 24.1 Å². The minimum absolute atomic E-state index is 0.142. The average Bonchev–Trinajstić information content (AvgIpc) is 2.17. The highest BCUT2D eigenvalue weighted by Gasteiger charge is 2.37. The molecule has 0 saturated carbocycles. The molecule has 1 aromatic carbocycles. The third kappa shape index (κ3) is 1.35. The molecule has 0 saturated heterocycles. The van der Waals surface area contributed by atoms with E-state index in [-0.39, 0.29) is 12.1 Å². The number of rotatable bonds is 1. The molecule has 1 aliphatic heterocycles. The fraction of sp³-hybridized carbons (Fsp3) is 0.400. The Labute approximate surface area is 81.3 Å². The van der Waals surface area contributed by atoms with Gasteiger partial charge in [0.05, 0.1) is 6.54 Å². The van der Waals surface area contributed by atoms with E-state index in [9.17, 15) is 8.78 Å². The van der Waals surface area contributed by atoms with Crippen LogP contribution in [0.1, 0.15) is 11.1 Å². The van der Waals surface area contributed by atoms with Gasteiger partial charge in [-0.05, 0) is 11.6 Å². The van der Waals surface area contributed by atoms with Gasteiger partial charge < -0.3 is 10.6 Å². The normalized spacial score (nSPS) is 18.8. The van der Waals surface area contributed by atoms with Gasteiger partial charge >= 0.3 is 0 Å². The fourth-order valence-corrected chi connectivity index (χ4v) is 1.79. The largest absolute Gasteiger partial charge is 0.388 e. The summed E-state index contributed by atoms with van der Waals surface area (Å²) in [6.45, 7) is 0.231. The second-order valence-electron chi connectivity index (χ2n) is 3.39. The van der Waals surface area contributed by atoms with E-state index in [2.05, 4.69) is 10.6 Å². The molecular formula is C10H12F2N2. The van der Waals surface area contributed by atoms with Crippen molar-refractivity contribution in [1.82, 2.24) is 5.32 Å². The van der Waals surface area contributed by atoms with Crippen LogP contribution in [0, 0.1) is 0 Å². The molecule has 14 heavy (non-hydrogen) atoms. The number of benzene rings is 1. The van der Waals surface area contributed by atoms with E-state index in [1.54, 1.807) is 13.1 Å². The first-order valence-electron chi connectivity index (χ1n) is 4.54. The summed E-state index contributed by atoms with van der Waals surface area (Å²) in [5.41, 5.74) is 1.59. The summed E-state index contributed by atoms with van der Waals surface area (Å²) in [6.07, 6.45) is 0. The van der Waals surface area contributed by atoms with Gasteiger partial charge in [0, 0.05) is 24.8 Å². The highest BCUT2D eigenvalue weighted by atomic mass is 19.3. The molecule has 2 nitrogen and oxygen atoms in total.